The summed E-state index contributed by atoms with van der Waals surface area (Å²) in [5.74, 6) is 1.36. The lowest BCUT2D eigenvalue weighted by molar-refractivity contribution is 0.0943. The first-order chi connectivity index (χ1) is 16.3. The van der Waals surface area contributed by atoms with Gasteiger partial charge >= 0.3 is 0 Å². The fourth-order valence-corrected chi connectivity index (χ4v) is 4.79. The summed E-state index contributed by atoms with van der Waals surface area (Å²) < 4.78 is 6.12. The average Bonchev–Trinajstić information content (AvgIpc) is 3.14. The first-order valence-electron chi connectivity index (χ1n) is 12.2. The minimum Gasteiger partial charge on any atom is -0.491 e. The molecule has 174 valence electrons. The number of anilines is 1. The van der Waals surface area contributed by atoms with Crippen LogP contribution in [0.5, 0.6) is 5.75 Å². The number of para-hydroxylation sites is 3. The minimum atomic E-state index is -0.135. The number of hydrogen-bond acceptors (Lipinski definition) is 5. The molecule has 3 aromatic rings. The van der Waals surface area contributed by atoms with Gasteiger partial charge in [-0.25, -0.2) is 4.98 Å². The monoisotopic (exact) mass is 447 g/mol. The van der Waals surface area contributed by atoms with E-state index in [1.165, 1.54) is 17.7 Å². The standard InChI is InChI=1S/C26H33N5O2/c32-26(25-28-21-10-1-2-11-22(21)29-25)27-13-4-5-14-30-15-17-31(18-16-30)23-12-7-9-20-8-3-6-19-33-24(20)23/h1-2,7,9-12H,3-6,8,13-19H2,(H,27,32)(H,28,29). The lowest BCUT2D eigenvalue weighted by atomic mass is 10.1. The molecule has 2 aromatic carbocycles. The maximum absolute atomic E-state index is 12.3. The van der Waals surface area contributed by atoms with Gasteiger partial charge < -0.3 is 19.9 Å². The molecule has 1 aromatic heterocycles. The Hall–Kier alpha value is -3.06. The summed E-state index contributed by atoms with van der Waals surface area (Å²) in [6.45, 7) is 6.76. The largest absolute Gasteiger partial charge is 0.491 e. The van der Waals surface area contributed by atoms with Gasteiger partial charge in [-0.05, 0) is 62.4 Å². The molecule has 0 saturated carbocycles. The van der Waals surface area contributed by atoms with Gasteiger partial charge in [-0.3, -0.25) is 9.69 Å². The third kappa shape index (κ3) is 5.14. The van der Waals surface area contributed by atoms with Crippen molar-refractivity contribution in [3.63, 3.8) is 0 Å². The van der Waals surface area contributed by atoms with Gasteiger partial charge in [0.25, 0.3) is 5.91 Å². The minimum absolute atomic E-state index is 0.135. The molecule has 0 bridgehead atoms. The Morgan fingerprint density at radius 1 is 1.03 bits per heavy atom. The highest BCUT2D eigenvalue weighted by molar-refractivity contribution is 5.94. The van der Waals surface area contributed by atoms with E-state index in [9.17, 15) is 4.79 Å². The Morgan fingerprint density at radius 3 is 2.79 bits per heavy atom. The Balaban J connectivity index is 1.03. The second-order valence-electron chi connectivity index (χ2n) is 8.97. The van der Waals surface area contributed by atoms with E-state index < -0.39 is 0 Å². The highest BCUT2D eigenvalue weighted by atomic mass is 16.5. The lowest BCUT2D eigenvalue weighted by Gasteiger charge is -2.37. The van der Waals surface area contributed by atoms with Crippen LogP contribution in [-0.4, -0.2) is 66.7 Å². The number of aryl methyl sites for hydroxylation is 1. The van der Waals surface area contributed by atoms with Crippen molar-refractivity contribution in [1.29, 1.82) is 0 Å². The number of nitrogens with one attached hydrogen (secondary N) is 2. The van der Waals surface area contributed by atoms with Crippen LogP contribution in [0.1, 0.15) is 41.9 Å². The van der Waals surface area contributed by atoms with E-state index >= 15 is 0 Å². The van der Waals surface area contributed by atoms with E-state index in [1.54, 1.807) is 0 Å². The molecule has 5 rings (SSSR count). The summed E-state index contributed by atoms with van der Waals surface area (Å²) in [6.07, 6.45) is 5.51. The number of piperazine rings is 1. The zero-order valence-corrected chi connectivity index (χ0v) is 19.2. The smallest absolute Gasteiger partial charge is 0.287 e. The van der Waals surface area contributed by atoms with Crippen LogP contribution in [0, 0.1) is 0 Å². The molecule has 2 aliphatic heterocycles. The van der Waals surface area contributed by atoms with Crippen molar-refractivity contribution in [2.45, 2.75) is 32.1 Å². The zero-order valence-electron chi connectivity index (χ0n) is 19.2. The van der Waals surface area contributed by atoms with Crippen LogP contribution in [0.4, 0.5) is 5.69 Å². The molecule has 0 aliphatic carbocycles. The quantitative estimate of drug-likeness (QED) is 0.542. The molecular formula is C26H33N5O2. The molecule has 2 aliphatic rings. The van der Waals surface area contributed by atoms with Crippen LogP contribution in [0.15, 0.2) is 42.5 Å². The first-order valence-corrected chi connectivity index (χ1v) is 12.2. The lowest BCUT2D eigenvalue weighted by Crippen LogP contribution is -2.46. The van der Waals surface area contributed by atoms with Crippen molar-refractivity contribution < 1.29 is 9.53 Å². The molecule has 3 heterocycles. The summed E-state index contributed by atoms with van der Waals surface area (Å²) in [7, 11) is 0. The Bertz CT molecular complexity index is 1050. The number of rotatable bonds is 7. The van der Waals surface area contributed by atoms with Gasteiger partial charge in [-0.2, -0.15) is 0 Å². The van der Waals surface area contributed by atoms with E-state index in [1.807, 2.05) is 24.3 Å². The van der Waals surface area contributed by atoms with Crippen molar-refractivity contribution in [3.8, 4) is 5.75 Å². The topological polar surface area (TPSA) is 73.5 Å². The first kappa shape index (κ1) is 21.8. The Kier molecular flexibility index (Phi) is 6.76. The molecule has 1 fully saturated rings. The number of carbonyl (C=O) groups is 1. The predicted octanol–water partition coefficient (Wildman–Crippen LogP) is 3.61. The number of aromatic nitrogens is 2. The maximum Gasteiger partial charge on any atom is 0.287 e. The van der Waals surface area contributed by atoms with E-state index in [0.29, 0.717) is 12.4 Å². The molecule has 7 heteroatoms. The second-order valence-corrected chi connectivity index (χ2v) is 8.97. The van der Waals surface area contributed by atoms with Gasteiger partial charge in [0.1, 0.15) is 5.75 Å². The fourth-order valence-electron chi connectivity index (χ4n) is 4.79. The Morgan fingerprint density at radius 2 is 1.91 bits per heavy atom. The molecular weight excluding hydrogens is 414 g/mol. The number of unbranched alkanes of at least 4 members (excludes halogenated alkanes) is 1. The fraction of sp³-hybridized carbons (Fsp3) is 0.462. The van der Waals surface area contributed by atoms with Gasteiger partial charge in [0.15, 0.2) is 5.82 Å². The number of H-pyrrole nitrogens is 1. The summed E-state index contributed by atoms with van der Waals surface area (Å²) in [5, 5.41) is 2.99. The second kappa shape index (κ2) is 10.3. The van der Waals surface area contributed by atoms with E-state index in [2.05, 4.69) is 43.3 Å². The van der Waals surface area contributed by atoms with Crippen molar-refractivity contribution in [3.05, 3.63) is 53.9 Å². The molecule has 33 heavy (non-hydrogen) atoms. The van der Waals surface area contributed by atoms with Gasteiger partial charge in [-0.1, -0.05) is 24.3 Å². The maximum atomic E-state index is 12.3. The summed E-state index contributed by atoms with van der Waals surface area (Å²) in [4.78, 5) is 24.8. The van der Waals surface area contributed by atoms with Crippen molar-refractivity contribution in [2.75, 3.05) is 50.8 Å². The SMILES string of the molecule is O=C(NCCCCN1CCN(c2cccc3c2OCCCC3)CC1)c1nc2ccccc2[nH]1. The van der Waals surface area contributed by atoms with Gasteiger partial charge in [0, 0.05) is 32.7 Å². The van der Waals surface area contributed by atoms with E-state index in [-0.39, 0.29) is 5.91 Å². The molecule has 7 nitrogen and oxygen atoms in total. The molecule has 0 atom stereocenters. The molecule has 1 amide bonds. The van der Waals surface area contributed by atoms with Gasteiger partial charge in [0.05, 0.1) is 23.3 Å². The molecule has 0 unspecified atom stereocenters. The van der Waals surface area contributed by atoms with Gasteiger partial charge in [0.2, 0.25) is 0 Å². The number of hydrogen-bond donors (Lipinski definition) is 2. The predicted molar refractivity (Wildman–Crippen MR) is 131 cm³/mol. The third-order valence-corrected chi connectivity index (χ3v) is 6.67. The highest BCUT2D eigenvalue weighted by Crippen LogP contribution is 2.35. The van der Waals surface area contributed by atoms with E-state index in [0.717, 1.165) is 81.8 Å². The van der Waals surface area contributed by atoms with Crippen LogP contribution in [0.2, 0.25) is 0 Å². The van der Waals surface area contributed by atoms with Crippen molar-refractivity contribution in [1.82, 2.24) is 20.2 Å². The highest BCUT2D eigenvalue weighted by Gasteiger charge is 2.22. The number of fused-ring (bicyclic) bond motifs is 2. The third-order valence-electron chi connectivity index (χ3n) is 6.67. The van der Waals surface area contributed by atoms with E-state index in [4.69, 9.17) is 4.74 Å². The normalized spacial score (nSPS) is 16.8. The number of ether oxygens (including phenoxy) is 1. The Labute approximate surface area is 195 Å². The number of aromatic amines is 1. The van der Waals surface area contributed by atoms with Crippen LogP contribution >= 0.6 is 0 Å². The zero-order chi connectivity index (χ0) is 22.5. The summed E-state index contributed by atoms with van der Waals surface area (Å²) in [6, 6.07) is 14.3. The van der Waals surface area contributed by atoms with Crippen molar-refractivity contribution in [2.24, 2.45) is 0 Å². The molecule has 1 saturated heterocycles. The van der Waals surface area contributed by atoms with Crippen LogP contribution in [-0.2, 0) is 6.42 Å². The van der Waals surface area contributed by atoms with Crippen molar-refractivity contribution >= 4 is 22.6 Å². The molecule has 0 radical (unpaired) electrons. The van der Waals surface area contributed by atoms with Crippen LogP contribution in [0.3, 0.4) is 0 Å². The average molecular weight is 448 g/mol. The molecule has 2 N–H and O–H groups in total. The number of amides is 1. The summed E-state index contributed by atoms with van der Waals surface area (Å²) in [5.41, 5.74) is 4.33. The van der Waals surface area contributed by atoms with Crippen LogP contribution < -0.4 is 15.0 Å². The number of imidazole rings is 1. The van der Waals surface area contributed by atoms with Gasteiger partial charge in [-0.15, -0.1) is 0 Å². The number of benzene rings is 2. The number of carbonyl (C=O) groups excluding carboxylic acids is 1. The number of nitrogens with zero attached hydrogens (tertiary/aromatic N) is 3. The summed E-state index contributed by atoms with van der Waals surface area (Å²) >= 11 is 0. The molecule has 0 spiro atoms. The van der Waals surface area contributed by atoms with Crippen LogP contribution in [0.25, 0.3) is 11.0 Å².